The highest BCUT2D eigenvalue weighted by atomic mass is 19.2. The van der Waals surface area contributed by atoms with Gasteiger partial charge in [0.2, 0.25) is 5.91 Å². The molecule has 0 atom stereocenters. The van der Waals surface area contributed by atoms with Gasteiger partial charge in [-0.3, -0.25) is 4.79 Å². The number of benzene rings is 3. The van der Waals surface area contributed by atoms with E-state index in [1.807, 2.05) is 18.2 Å². The van der Waals surface area contributed by atoms with E-state index in [0.717, 1.165) is 17.0 Å². The van der Waals surface area contributed by atoms with Gasteiger partial charge in [-0.1, -0.05) is 18.2 Å². The molecule has 0 saturated carbocycles. The van der Waals surface area contributed by atoms with Gasteiger partial charge in [0.15, 0.2) is 11.6 Å². The lowest BCUT2D eigenvalue weighted by atomic mass is 10.0. The lowest BCUT2D eigenvalue weighted by Gasteiger charge is -2.10. The zero-order valence-corrected chi connectivity index (χ0v) is 16.0. The van der Waals surface area contributed by atoms with E-state index in [1.54, 1.807) is 41.2 Å². The molecule has 3 aromatic carbocycles. The molecule has 0 aliphatic heterocycles. The van der Waals surface area contributed by atoms with Gasteiger partial charge in [0, 0.05) is 33.5 Å². The van der Waals surface area contributed by atoms with E-state index >= 15 is 0 Å². The normalized spacial score (nSPS) is 11.5. The molecule has 5 rings (SSSR count). The van der Waals surface area contributed by atoms with Crippen LogP contribution in [0.25, 0.3) is 33.1 Å². The molecule has 4 nitrogen and oxygen atoms in total. The van der Waals surface area contributed by atoms with Crippen LogP contribution >= 0.6 is 0 Å². The van der Waals surface area contributed by atoms with E-state index in [0.29, 0.717) is 33.8 Å². The summed E-state index contributed by atoms with van der Waals surface area (Å²) in [6.45, 7) is -0.0765. The fraction of sp³-hybridized carbons (Fsp3) is 0.0417. The molecule has 0 saturated heterocycles. The molecule has 0 radical (unpaired) electrons. The molecule has 0 unspecified atom stereocenters. The number of nitrogens with two attached hydrogens (primary N) is 1. The summed E-state index contributed by atoms with van der Waals surface area (Å²) in [5.74, 6) is -3.21. The highest BCUT2D eigenvalue weighted by Gasteiger charge is 2.19. The first-order chi connectivity index (χ1) is 14.9. The van der Waals surface area contributed by atoms with Crippen LogP contribution in [-0.2, 0) is 6.54 Å². The average molecular weight is 420 g/mol. The number of fused-ring (bicyclic) bond motifs is 3. The Labute approximate surface area is 174 Å². The van der Waals surface area contributed by atoms with Crippen LogP contribution in [0.1, 0.15) is 15.9 Å². The summed E-state index contributed by atoms with van der Waals surface area (Å²) >= 11 is 0. The average Bonchev–Trinajstić information content (AvgIpc) is 3.39. The fourth-order valence-electron chi connectivity index (χ4n) is 3.97. The maximum Gasteiger partial charge on any atom is 0.249 e. The second-order valence-electron chi connectivity index (χ2n) is 7.22. The fourth-order valence-corrected chi connectivity index (χ4v) is 3.97. The third kappa shape index (κ3) is 3.06. The van der Waals surface area contributed by atoms with Crippen LogP contribution in [0.4, 0.5) is 13.2 Å². The number of carbonyl (C=O) groups excluding carboxylic acids is 1. The summed E-state index contributed by atoms with van der Waals surface area (Å²) in [5, 5.41) is 1.33. The quantitative estimate of drug-likeness (QED) is 0.384. The summed E-state index contributed by atoms with van der Waals surface area (Å²) in [4.78, 5) is 12.1. The zero-order chi connectivity index (χ0) is 21.7. The molecule has 7 heteroatoms. The van der Waals surface area contributed by atoms with Gasteiger partial charge >= 0.3 is 0 Å². The van der Waals surface area contributed by atoms with Gasteiger partial charge in [-0.2, -0.15) is 0 Å². The molecule has 2 N–H and O–H groups in total. The second kappa shape index (κ2) is 7.05. The Morgan fingerprint density at radius 2 is 1.71 bits per heavy atom. The highest BCUT2D eigenvalue weighted by Crippen LogP contribution is 2.35. The van der Waals surface area contributed by atoms with Crippen molar-refractivity contribution in [2.75, 3.05) is 0 Å². The summed E-state index contributed by atoms with van der Waals surface area (Å²) in [6.07, 6.45) is 1.55. The molecule has 0 bridgehead atoms. The van der Waals surface area contributed by atoms with Gasteiger partial charge < -0.3 is 14.7 Å². The predicted octanol–water partition coefficient (Wildman–Crippen LogP) is 5.62. The Morgan fingerprint density at radius 1 is 0.903 bits per heavy atom. The first kappa shape index (κ1) is 19.0. The van der Waals surface area contributed by atoms with Crippen molar-refractivity contribution in [2.24, 2.45) is 5.73 Å². The van der Waals surface area contributed by atoms with Gasteiger partial charge in [-0.15, -0.1) is 0 Å². The Morgan fingerprint density at radius 3 is 2.45 bits per heavy atom. The molecule has 0 aliphatic rings. The number of furan rings is 1. The molecule has 1 amide bonds. The minimum atomic E-state index is -1.25. The molecular weight excluding hydrogens is 405 g/mol. The third-order valence-corrected chi connectivity index (χ3v) is 5.38. The standard InChI is InChI=1S/C24H15F3N2O2/c25-17-11-19(27)18(26)9-14(17)12-29-20-4-1-3-16(24(28)30)23(20)15-7-6-13(10-21(15)29)22-5-2-8-31-22/h1-11H,12H2,(H2,28,30). The van der Waals surface area contributed by atoms with Crippen LogP contribution in [0.5, 0.6) is 0 Å². The maximum absolute atomic E-state index is 14.4. The molecule has 0 fully saturated rings. The zero-order valence-electron chi connectivity index (χ0n) is 16.0. The van der Waals surface area contributed by atoms with E-state index in [4.69, 9.17) is 10.2 Å². The topological polar surface area (TPSA) is 61.2 Å². The third-order valence-electron chi connectivity index (χ3n) is 5.38. The Kier molecular flexibility index (Phi) is 4.32. The van der Waals surface area contributed by atoms with Gasteiger partial charge in [0.25, 0.3) is 0 Å². The van der Waals surface area contributed by atoms with Gasteiger partial charge in [-0.25, -0.2) is 13.2 Å². The van der Waals surface area contributed by atoms with Crippen molar-refractivity contribution in [3.8, 4) is 11.3 Å². The summed E-state index contributed by atoms with van der Waals surface area (Å²) < 4.78 is 48.9. The van der Waals surface area contributed by atoms with E-state index in [-0.39, 0.29) is 12.1 Å². The number of halogens is 3. The molecule has 31 heavy (non-hydrogen) atoms. The van der Waals surface area contributed by atoms with Crippen molar-refractivity contribution in [1.29, 1.82) is 0 Å². The number of amides is 1. The van der Waals surface area contributed by atoms with E-state index in [9.17, 15) is 18.0 Å². The lowest BCUT2D eigenvalue weighted by Crippen LogP contribution is -2.11. The van der Waals surface area contributed by atoms with Crippen LogP contribution < -0.4 is 5.73 Å². The minimum Gasteiger partial charge on any atom is -0.464 e. The smallest absolute Gasteiger partial charge is 0.249 e. The van der Waals surface area contributed by atoms with Gasteiger partial charge in [-0.05, 0) is 36.4 Å². The van der Waals surface area contributed by atoms with Crippen LogP contribution in [-0.4, -0.2) is 10.5 Å². The maximum atomic E-state index is 14.4. The summed E-state index contributed by atoms with van der Waals surface area (Å²) in [5.41, 5.74) is 7.94. The first-order valence-corrected chi connectivity index (χ1v) is 9.46. The van der Waals surface area contributed by atoms with Crippen molar-refractivity contribution < 1.29 is 22.4 Å². The second-order valence-corrected chi connectivity index (χ2v) is 7.22. The minimum absolute atomic E-state index is 0.0226. The molecule has 0 aliphatic carbocycles. The van der Waals surface area contributed by atoms with Crippen molar-refractivity contribution in [3.05, 3.63) is 95.5 Å². The Bertz CT molecular complexity index is 1470. The molecular formula is C24H15F3N2O2. The number of hydrogen-bond donors (Lipinski definition) is 1. The number of aromatic nitrogens is 1. The first-order valence-electron chi connectivity index (χ1n) is 9.46. The van der Waals surface area contributed by atoms with Crippen LogP contribution in [0.15, 0.2) is 71.3 Å². The van der Waals surface area contributed by atoms with Crippen molar-refractivity contribution in [2.45, 2.75) is 6.54 Å². The number of carbonyl (C=O) groups is 1. The number of hydrogen-bond acceptors (Lipinski definition) is 2. The van der Waals surface area contributed by atoms with Crippen molar-refractivity contribution in [3.63, 3.8) is 0 Å². The molecule has 2 aromatic heterocycles. The Hall–Kier alpha value is -4.00. The predicted molar refractivity (Wildman–Crippen MR) is 111 cm³/mol. The van der Waals surface area contributed by atoms with Crippen molar-refractivity contribution in [1.82, 2.24) is 4.57 Å². The SMILES string of the molecule is NC(=O)c1cccc2c1c1ccc(-c3ccco3)cc1n2Cc1cc(F)c(F)cc1F. The highest BCUT2D eigenvalue weighted by molar-refractivity contribution is 6.18. The summed E-state index contributed by atoms with van der Waals surface area (Å²) in [6, 6.07) is 15.5. The van der Waals surface area contributed by atoms with Crippen molar-refractivity contribution >= 4 is 27.7 Å². The summed E-state index contributed by atoms with van der Waals surface area (Å²) in [7, 11) is 0. The lowest BCUT2D eigenvalue weighted by molar-refractivity contribution is 0.100. The Balaban J connectivity index is 1.82. The monoisotopic (exact) mass is 420 g/mol. The molecule has 154 valence electrons. The van der Waals surface area contributed by atoms with E-state index in [2.05, 4.69) is 0 Å². The molecule has 2 heterocycles. The molecule has 5 aromatic rings. The van der Waals surface area contributed by atoms with Crippen LogP contribution in [0.2, 0.25) is 0 Å². The van der Waals surface area contributed by atoms with E-state index < -0.39 is 23.4 Å². The number of rotatable bonds is 4. The molecule has 0 spiro atoms. The van der Waals surface area contributed by atoms with Crippen LogP contribution in [0.3, 0.4) is 0 Å². The van der Waals surface area contributed by atoms with E-state index in [1.165, 1.54) is 0 Å². The van der Waals surface area contributed by atoms with Gasteiger partial charge in [0.1, 0.15) is 11.6 Å². The largest absolute Gasteiger partial charge is 0.464 e. The van der Waals surface area contributed by atoms with Crippen LogP contribution in [0, 0.1) is 17.5 Å². The number of primary amides is 1. The van der Waals surface area contributed by atoms with Gasteiger partial charge in [0.05, 0.1) is 23.8 Å². The number of nitrogens with zero attached hydrogens (tertiary/aromatic N) is 1.